The van der Waals surface area contributed by atoms with Crippen LogP contribution in [0.15, 0.2) is 18.2 Å². The highest BCUT2D eigenvalue weighted by Gasteiger charge is 2.47. The van der Waals surface area contributed by atoms with Crippen LogP contribution >= 0.6 is 0 Å². The third-order valence-corrected chi connectivity index (χ3v) is 4.91. The Bertz CT molecular complexity index is 556. The van der Waals surface area contributed by atoms with E-state index in [0.29, 0.717) is 17.9 Å². The number of nitrogens with one attached hydrogen (secondary N) is 1. The monoisotopic (exact) mass is 308 g/mol. The van der Waals surface area contributed by atoms with E-state index in [-0.39, 0.29) is 17.7 Å². The maximum absolute atomic E-state index is 13.8. The second-order valence-electron chi connectivity index (χ2n) is 6.42. The predicted octanol–water partition coefficient (Wildman–Crippen LogP) is 2.53. The number of carbonyl (C=O) groups is 1. The minimum Gasteiger partial charge on any atom is -0.342 e. The molecule has 0 bridgehead atoms. The Morgan fingerprint density at radius 1 is 1.32 bits per heavy atom. The zero-order chi connectivity index (χ0) is 15.7. The van der Waals surface area contributed by atoms with Gasteiger partial charge >= 0.3 is 0 Å². The number of rotatable bonds is 4. The zero-order valence-corrected chi connectivity index (χ0v) is 12.8. The van der Waals surface area contributed by atoms with Crippen molar-refractivity contribution in [2.75, 3.05) is 26.7 Å². The maximum atomic E-state index is 13.8. The fraction of sp³-hybridized carbons (Fsp3) is 0.588. The van der Waals surface area contributed by atoms with Gasteiger partial charge in [0.25, 0.3) is 0 Å². The lowest BCUT2D eigenvalue weighted by atomic mass is 9.96. The molecule has 22 heavy (non-hydrogen) atoms. The van der Waals surface area contributed by atoms with Crippen LogP contribution < -0.4 is 5.32 Å². The topological polar surface area (TPSA) is 32.3 Å². The SMILES string of the molecule is CNCC1CCN(C(=O)C2CC2c2cccc(F)c2F)CC1. The quantitative estimate of drug-likeness (QED) is 0.927. The largest absolute Gasteiger partial charge is 0.342 e. The molecule has 0 radical (unpaired) electrons. The minimum atomic E-state index is -0.830. The number of hydrogen-bond donors (Lipinski definition) is 1. The second kappa shape index (κ2) is 6.32. The molecule has 0 spiro atoms. The summed E-state index contributed by atoms with van der Waals surface area (Å²) in [5, 5.41) is 3.18. The first-order valence-electron chi connectivity index (χ1n) is 7.99. The highest BCUT2D eigenvalue weighted by Crippen LogP contribution is 2.49. The summed E-state index contributed by atoms with van der Waals surface area (Å²) in [6.45, 7) is 2.54. The summed E-state index contributed by atoms with van der Waals surface area (Å²) >= 11 is 0. The highest BCUT2D eigenvalue weighted by molar-refractivity contribution is 5.83. The lowest BCUT2D eigenvalue weighted by molar-refractivity contribution is -0.134. The van der Waals surface area contributed by atoms with E-state index in [1.54, 1.807) is 6.07 Å². The molecule has 3 nitrogen and oxygen atoms in total. The molecule has 1 aromatic rings. The van der Waals surface area contributed by atoms with Gasteiger partial charge in [-0.15, -0.1) is 0 Å². The maximum Gasteiger partial charge on any atom is 0.226 e. The van der Waals surface area contributed by atoms with E-state index in [9.17, 15) is 13.6 Å². The number of hydrogen-bond acceptors (Lipinski definition) is 2. The van der Waals surface area contributed by atoms with Gasteiger partial charge in [0.15, 0.2) is 11.6 Å². The molecule has 2 atom stereocenters. The van der Waals surface area contributed by atoms with Gasteiger partial charge in [-0.05, 0) is 56.3 Å². The Morgan fingerprint density at radius 3 is 2.73 bits per heavy atom. The first-order valence-corrected chi connectivity index (χ1v) is 7.99. The van der Waals surface area contributed by atoms with Crippen LogP contribution in [0.3, 0.4) is 0 Å². The first-order chi connectivity index (χ1) is 10.6. The van der Waals surface area contributed by atoms with Crippen LogP contribution in [0, 0.1) is 23.5 Å². The van der Waals surface area contributed by atoms with Gasteiger partial charge in [0.2, 0.25) is 5.91 Å². The molecule has 1 aromatic carbocycles. The van der Waals surface area contributed by atoms with Gasteiger partial charge in [-0.2, -0.15) is 0 Å². The summed E-state index contributed by atoms with van der Waals surface area (Å²) in [5.74, 6) is -1.21. The standard InChI is InChI=1S/C17H22F2N2O/c1-20-10-11-5-7-21(8-6-11)17(22)14-9-13(14)12-3-2-4-15(18)16(12)19/h2-4,11,13-14,20H,5-10H2,1H3. The van der Waals surface area contributed by atoms with Gasteiger partial charge in [0.1, 0.15) is 0 Å². The van der Waals surface area contributed by atoms with Crippen molar-refractivity contribution in [3.05, 3.63) is 35.4 Å². The molecule has 1 aliphatic carbocycles. The molecule has 1 saturated heterocycles. The summed E-state index contributed by atoms with van der Waals surface area (Å²) in [6, 6.07) is 4.22. The molecule has 1 saturated carbocycles. The molecule has 2 fully saturated rings. The number of piperidine rings is 1. The molecule has 3 rings (SSSR count). The summed E-state index contributed by atoms with van der Waals surface area (Å²) in [6.07, 6.45) is 2.66. The van der Waals surface area contributed by atoms with Crippen molar-refractivity contribution in [2.45, 2.75) is 25.2 Å². The van der Waals surface area contributed by atoms with Crippen LogP contribution in [0.1, 0.15) is 30.7 Å². The van der Waals surface area contributed by atoms with Gasteiger partial charge < -0.3 is 10.2 Å². The van der Waals surface area contributed by atoms with E-state index in [1.807, 2.05) is 11.9 Å². The predicted molar refractivity (Wildman–Crippen MR) is 80.4 cm³/mol. The number of likely N-dealkylation sites (tertiary alicyclic amines) is 1. The van der Waals surface area contributed by atoms with Crippen molar-refractivity contribution >= 4 is 5.91 Å². The van der Waals surface area contributed by atoms with Crippen molar-refractivity contribution < 1.29 is 13.6 Å². The highest BCUT2D eigenvalue weighted by atomic mass is 19.2. The zero-order valence-electron chi connectivity index (χ0n) is 12.8. The Hall–Kier alpha value is -1.49. The summed E-state index contributed by atoms with van der Waals surface area (Å²) in [4.78, 5) is 14.4. The summed E-state index contributed by atoms with van der Waals surface area (Å²) in [7, 11) is 1.94. The van der Waals surface area contributed by atoms with Crippen LogP contribution in [-0.4, -0.2) is 37.5 Å². The number of nitrogens with zero attached hydrogens (tertiary/aromatic N) is 1. The Morgan fingerprint density at radius 2 is 2.05 bits per heavy atom. The minimum absolute atomic E-state index is 0.108. The molecule has 2 unspecified atom stereocenters. The van der Waals surface area contributed by atoms with Crippen molar-refractivity contribution in [1.29, 1.82) is 0 Å². The van der Waals surface area contributed by atoms with Gasteiger partial charge in [0, 0.05) is 19.0 Å². The third kappa shape index (κ3) is 3.00. The normalized spacial score (nSPS) is 25.3. The Kier molecular flexibility index (Phi) is 4.43. The molecule has 0 aromatic heterocycles. The third-order valence-electron chi connectivity index (χ3n) is 4.91. The lowest BCUT2D eigenvalue weighted by Crippen LogP contribution is -2.41. The van der Waals surface area contributed by atoms with Gasteiger partial charge in [-0.25, -0.2) is 8.78 Å². The number of benzene rings is 1. The van der Waals surface area contributed by atoms with Crippen molar-refractivity contribution in [3.8, 4) is 0 Å². The molecule has 120 valence electrons. The Balaban J connectivity index is 1.58. The van der Waals surface area contributed by atoms with Gasteiger partial charge in [-0.1, -0.05) is 12.1 Å². The summed E-state index contributed by atoms with van der Waals surface area (Å²) in [5.41, 5.74) is 0.350. The average Bonchev–Trinajstić information content (AvgIpc) is 3.31. The van der Waals surface area contributed by atoms with E-state index in [2.05, 4.69) is 5.32 Å². The van der Waals surface area contributed by atoms with Crippen LogP contribution in [0.25, 0.3) is 0 Å². The molecule has 1 heterocycles. The molecule has 2 aliphatic rings. The van der Waals surface area contributed by atoms with Crippen molar-refractivity contribution in [2.24, 2.45) is 11.8 Å². The van der Waals surface area contributed by atoms with E-state index < -0.39 is 11.6 Å². The van der Waals surface area contributed by atoms with E-state index in [0.717, 1.165) is 38.5 Å². The van der Waals surface area contributed by atoms with Crippen molar-refractivity contribution in [3.63, 3.8) is 0 Å². The fourth-order valence-electron chi connectivity index (χ4n) is 3.50. The fourth-order valence-corrected chi connectivity index (χ4v) is 3.50. The number of carbonyl (C=O) groups excluding carboxylic acids is 1. The molecular formula is C17H22F2N2O. The molecular weight excluding hydrogens is 286 g/mol. The van der Waals surface area contributed by atoms with Crippen molar-refractivity contribution in [1.82, 2.24) is 10.2 Å². The Labute approximate surface area is 129 Å². The van der Waals surface area contributed by atoms with E-state index in [1.165, 1.54) is 6.07 Å². The van der Waals surface area contributed by atoms with Crippen LogP contribution in [0.5, 0.6) is 0 Å². The smallest absolute Gasteiger partial charge is 0.226 e. The summed E-state index contributed by atoms with van der Waals surface area (Å²) < 4.78 is 27.1. The van der Waals surface area contributed by atoms with E-state index in [4.69, 9.17) is 0 Å². The lowest BCUT2D eigenvalue weighted by Gasteiger charge is -2.32. The number of amides is 1. The average molecular weight is 308 g/mol. The number of halogens is 2. The van der Waals surface area contributed by atoms with E-state index >= 15 is 0 Å². The van der Waals surface area contributed by atoms with Gasteiger partial charge in [0.05, 0.1) is 0 Å². The second-order valence-corrected chi connectivity index (χ2v) is 6.42. The van der Waals surface area contributed by atoms with Crippen LogP contribution in [0.4, 0.5) is 8.78 Å². The molecule has 1 amide bonds. The molecule has 5 heteroatoms. The molecule has 1 N–H and O–H groups in total. The van der Waals surface area contributed by atoms with Crippen LogP contribution in [0.2, 0.25) is 0 Å². The van der Waals surface area contributed by atoms with Gasteiger partial charge in [-0.3, -0.25) is 4.79 Å². The molecule has 1 aliphatic heterocycles. The van der Waals surface area contributed by atoms with Crippen LogP contribution in [-0.2, 0) is 4.79 Å². The first kappa shape index (κ1) is 15.4.